The molecule has 0 aliphatic carbocycles. The van der Waals surface area contributed by atoms with E-state index in [1.165, 1.54) is 12.1 Å². The maximum absolute atomic E-state index is 12.6. The number of carbonyl (C=O) groups excluding carboxylic acids is 1. The van der Waals surface area contributed by atoms with Gasteiger partial charge in [-0.15, -0.1) is 11.8 Å². The average Bonchev–Trinajstić information content (AvgIpc) is 2.85. The summed E-state index contributed by atoms with van der Waals surface area (Å²) in [7, 11) is -3.77. The van der Waals surface area contributed by atoms with Crippen molar-refractivity contribution in [1.29, 1.82) is 0 Å². The number of nitrogens with one attached hydrogen (secondary N) is 2. The van der Waals surface area contributed by atoms with Crippen LogP contribution in [0.15, 0.2) is 107 Å². The number of thioether (sulfide) groups is 1. The third-order valence-electron chi connectivity index (χ3n) is 4.95. The Morgan fingerprint density at radius 2 is 1.26 bits per heavy atom. The van der Waals surface area contributed by atoms with Gasteiger partial charge in [-0.05, 0) is 90.5 Å². The van der Waals surface area contributed by atoms with Crippen LogP contribution in [-0.4, -0.2) is 14.3 Å². The first kappa shape index (κ1) is 25.1. The number of carbonyl (C=O) groups is 1. The van der Waals surface area contributed by atoms with Gasteiger partial charge in [-0.1, -0.05) is 35.3 Å². The fraction of sp³-hybridized carbons (Fsp3) is 0.0385. The van der Waals surface area contributed by atoms with Crippen LogP contribution in [0.25, 0.3) is 0 Å². The van der Waals surface area contributed by atoms with Crippen LogP contribution >= 0.6 is 35.0 Å². The van der Waals surface area contributed by atoms with Crippen molar-refractivity contribution in [2.75, 3.05) is 10.0 Å². The summed E-state index contributed by atoms with van der Waals surface area (Å²) in [6.45, 7) is 0. The summed E-state index contributed by atoms with van der Waals surface area (Å²) >= 11 is 13.4. The molecular formula is C26H20Cl2N2O3S2. The summed E-state index contributed by atoms with van der Waals surface area (Å²) in [6, 6.07) is 27.3. The second-order valence-electron chi connectivity index (χ2n) is 7.53. The summed E-state index contributed by atoms with van der Waals surface area (Å²) in [6.07, 6.45) is 0. The molecule has 0 bridgehead atoms. The van der Waals surface area contributed by atoms with Crippen molar-refractivity contribution in [3.63, 3.8) is 0 Å². The lowest BCUT2D eigenvalue weighted by Crippen LogP contribution is -2.14. The van der Waals surface area contributed by atoms with Crippen molar-refractivity contribution in [1.82, 2.24) is 0 Å². The molecule has 178 valence electrons. The first-order chi connectivity index (χ1) is 16.8. The molecule has 0 fully saturated rings. The van der Waals surface area contributed by atoms with Gasteiger partial charge in [0.2, 0.25) is 0 Å². The standard InChI is InChI=1S/C26H20Cl2N2O3S2/c27-20-5-9-23(10-6-20)30-35(32,33)25-15-11-22(12-16-25)29-26(31)19-3-1-18(2-4-19)17-34-24-13-7-21(28)8-14-24/h1-16,30H,17H2,(H,29,31). The van der Waals surface area contributed by atoms with E-state index in [1.807, 2.05) is 36.4 Å². The molecule has 0 saturated carbocycles. The fourth-order valence-electron chi connectivity index (χ4n) is 3.10. The lowest BCUT2D eigenvalue weighted by Gasteiger charge is -2.10. The Labute approximate surface area is 218 Å². The fourth-order valence-corrected chi connectivity index (χ4v) is 5.27. The van der Waals surface area contributed by atoms with E-state index in [4.69, 9.17) is 23.2 Å². The number of benzene rings is 4. The van der Waals surface area contributed by atoms with Gasteiger partial charge >= 0.3 is 0 Å². The van der Waals surface area contributed by atoms with Crippen LogP contribution < -0.4 is 10.0 Å². The molecule has 0 aromatic heterocycles. The normalized spacial score (nSPS) is 11.1. The quantitative estimate of drug-likeness (QED) is 0.228. The average molecular weight is 543 g/mol. The first-order valence-electron chi connectivity index (χ1n) is 10.5. The smallest absolute Gasteiger partial charge is 0.261 e. The van der Waals surface area contributed by atoms with Crippen molar-refractivity contribution in [3.8, 4) is 0 Å². The molecule has 0 atom stereocenters. The van der Waals surface area contributed by atoms with Gasteiger partial charge in [0.25, 0.3) is 15.9 Å². The molecule has 4 rings (SSSR count). The van der Waals surface area contributed by atoms with Crippen molar-refractivity contribution < 1.29 is 13.2 Å². The zero-order chi connectivity index (χ0) is 24.8. The highest BCUT2D eigenvalue weighted by Gasteiger charge is 2.15. The van der Waals surface area contributed by atoms with Gasteiger partial charge in [0.1, 0.15) is 0 Å². The molecule has 0 heterocycles. The Morgan fingerprint density at radius 3 is 1.86 bits per heavy atom. The van der Waals surface area contributed by atoms with Crippen LogP contribution in [0.2, 0.25) is 10.0 Å². The Hall–Kier alpha value is -2.97. The Bertz CT molecular complexity index is 1410. The molecule has 1 amide bonds. The SMILES string of the molecule is O=C(Nc1ccc(S(=O)(=O)Nc2ccc(Cl)cc2)cc1)c1ccc(CSc2ccc(Cl)cc2)cc1. The zero-order valence-corrected chi connectivity index (χ0v) is 21.4. The van der Waals surface area contributed by atoms with Crippen LogP contribution in [-0.2, 0) is 15.8 Å². The van der Waals surface area contributed by atoms with Gasteiger partial charge < -0.3 is 5.32 Å². The summed E-state index contributed by atoms with van der Waals surface area (Å²) < 4.78 is 27.7. The number of anilines is 2. The van der Waals surface area contributed by atoms with Gasteiger partial charge in [0.05, 0.1) is 4.90 Å². The minimum Gasteiger partial charge on any atom is -0.322 e. The van der Waals surface area contributed by atoms with Crippen molar-refractivity contribution in [2.24, 2.45) is 0 Å². The van der Waals surface area contributed by atoms with E-state index in [-0.39, 0.29) is 10.8 Å². The van der Waals surface area contributed by atoms with E-state index in [1.54, 1.807) is 60.3 Å². The zero-order valence-electron chi connectivity index (χ0n) is 18.2. The second-order valence-corrected chi connectivity index (χ2v) is 11.1. The van der Waals surface area contributed by atoms with Crippen molar-refractivity contribution in [3.05, 3.63) is 118 Å². The largest absolute Gasteiger partial charge is 0.322 e. The maximum atomic E-state index is 12.6. The molecule has 4 aromatic rings. The molecule has 9 heteroatoms. The molecule has 0 aliphatic rings. The topological polar surface area (TPSA) is 75.3 Å². The van der Waals surface area contributed by atoms with Crippen LogP contribution in [0.3, 0.4) is 0 Å². The van der Waals surface area contributed by atoms with Gasteiger partial charge in [-0.2, -0.15) is 0 Å². The van der Waals surface area contributed by atoms with Crippen LogP contribution in [0.5, 0.6) is 0 Å². The van der Waals surface area contributed by atoms with E-state index in [0.717, 1.165) is 16.2 Å². The minimum absolute atomic E-state index is 0.0768. The molecule has 0 unspecified atom stereocenters. The molecule has 0 spiro atoms. The summed E-state index contributed by atoms with van der Waals surface area (Å²) in [5, 5.41) is 4.01. The predicted octanol–water partition coefficient (Wildman–Crippen LogP) is 7.34. The van der Waals surface area contributed by atoms with E-state index in [2.05, 4.69) is 10.0 Å². The molecule has 0 saturated heterocycles. The van der Waals surface area contributed by atoms with E-state index in [0.29, 0.717) is 27.0 Å². The van der Waals surface area contributed by atoms with Gasteiger partial charge in [0, 0.05) is 37.6 Å². The molecule has 2 N–H and O–H groups in total. The van der Waals surface area contributed by atoms with Crippen LogP contribution in [0.4, 0.5) is 11.4 Å². The molecule has 5 nitrogen and oxygen atoms in total. The summed E-state index contributed by atoms with van der Waals surface area (Å²) in [5.41, 5.74) is 2.49. The van der Waals surface area contributed by atoms with E-state index in [9.17, 15) is 13.2 Å². The lowest BCUT2D eigenvalue weighted by atomic mass is 10.1. The monoisotopic (exact) mass is 542 g/mol. The van der Waals surface area contributed by atoms with Gasteiger partial charge in [-0.25, -0.2) is 8.42 Å². The second kappa shape index (κ2) is 11.2. The van der Waals surface area contributed by atoms with Crippen LogP contribution in [0, 0.1) is 0 Å². The molecular weight excluding hydrogens is 523 g/mol. The van der Waals surface area contributed by atoms with Crippen molar-refractivity contribution in [2.45, 2.75) is 15.5 Å². The molecule has 35 heavy (non-hydrogen) atoms. The highest BCUT2D eigenvalue weighted by Crippen LogP contribution is 2.25. The lowest BCUT2D eigenvalue weighted by molar-refractivity contribution is 0.102. The Morgan fingerprint density at radius 1 is 0.714 bits per heavy atom. The van der Waals surface area contributed by atoms with Gasteiger partial charge in [0.15, 0.2) is 0 Å². The number of halogens is 2. The molecule has 4 aromatic carbocycles. The maximum Gasteiger partial charge on any atom is 0.261 e. The number of rotatable bonds is 8. The summed E-state index contributed by atoms with van der Waals surface area (Å²) in [5.74, 6) is 0.487. The van der Waals surface area contributed by atoms with Crippen molar-refractivity contribution >= 4 is 62.3 Å². The van der Waals surface area contributed by atoms with E-state index >= 15 is 0 Å². The van der Waals surface area contributed by atoms with E-state index < -0.39 is 10.0 Å². The van der Waals surface area contributed by atoms with Gasteiger partial charge in [-0.3, -0.25) is 9.52 Å². The number of amides is 1. The Kier molecular flexibility index (Phi) is 8.03. The highest BCUT2D eigenvalue weighted by atomic mass is 35.5. The third kappa shape index (κ3) is 7.02. The summed E-state index contributed by atoms with van der Waals surface area (Å²) in [4.78, 5) is 13.8. The number of hydrogen-bond acceptors (Lipinski definition) is 4. The highest BCUT2D eigenvalue weighted by molar-refractivity contribution is 7.98. The Balaban J connectivity index is 1.34. The third-order valence-corrected chi connectivity index (χ3v) is 7.94. The minimum atomic E-state index is -3.77. The number of sulfonamides is 1. The molecule has 0 aliphatic heterocycles. The predicted molar refractivity (Wildman–Crippen MR) is 144 cm³/mol. The molecule has 0 radical (unpaired) electrons. The first-order valence-corrected chi connectivity index (χ1v) is 13.7. The van der Waals surface area contributed by atoms with Crippen LogP contribution in [0.1, 0.15) is 15.9 Å². The number of hydrogen-bond donors (Lipinski definition) is 2.